The summed E-state index contributed by atoms with van der Waals surface area (Å²) in [6.45, 7) is 3.27. The fraction of sp³-hybridized carbons (Fsp3) is 0.500. The van der Waals surface area contributed by atoms with Crippen LogP contribution >= 0.6 is 11.6 Å². The Morgan fingerprint density at radius 3 is 2.65 bits per heavy atom. The smallest absolute Gasteiger partial charge is 0.417 e. The van der Waals surface area contributed by atoms with E-state index in [1.807, 2.05) is 0 Å². The molecule has 10 heteroatoms. The van der Waals surface area contributed by atoms with Crippen molar-refractivity contribution >= 4 is 23.3 Å². The van der Waals surface area contributed by atoms with Crippen LogP contribution in [0, 0.1) is 5.92 Å². The van der Waals surface area contributed by atoms with Crippen LogP contribution in [0.25, 0.3) is 0 Å². The van der Waals surface area contributed by atoms with Crippen LogP contribution in [0.1, 0.15) is 73.4 Å². The summed E-state index contributed by atoms with van der Waals surface area (Å²) in [5.74, 6) is 1.04. The van der Waals surface area contributed by atoms with Gasteiger partial charge < -0.3 is 14.4 Å². The molecule has 2 aromatic rings. The molecule has 0 N–H and O–H groups in total. The van der Waals surface area contributed by atoms with Crippen LogP contribution in [0.4, 0.5) is 19.1 Å². The first-order valence-electron chi connectivity index (χ1n) is 13.8. The zero-order valence-corrected chi connectivity index (χ0v) is 23.2. The van der Waals surface area contributed by atoms with E-state index in [0.717, 1.165) is 38.2 Å². The number of nitrogens with zero attached hydrogens (tertiary/aromatic N) is 3. The zero-order chi connectivity index (χ0) is 28.3. The lowest BCUT2D eigenvalue weighted by Crippen LogP contribution is -2.46. The predicted octanol–water partition coefficient (Wildman–Crippen LogP) is 7.36. The van der Waals surface area contributed by atoms with Gasteiger partial charge in [-0.25, -0.2) is 4.98 Å². The van der Waals surface area contributed by atoms with Gasteiger partial charge in [0.25, 0.3) is 0 Å². The molecule has 0 spiro atoms. The fourth-order valence-corrected chi connectivity index (χ4v) is 5.78. The Bertz CT molecular complexity index is 1280. The van der Waals surface area contributed by atoms with E-state index >= 15 is 0 Å². The van der Waals surface area contributed by atoms with Gasteiger partial charge in [0.1, 0.15) is 6.61 Å². The number of aromatic nitrogens is 2. The van der Waals surface area contributed by atoms with Gasteiger partial charge in [-0.3, -0.25) is 4.79 Å². The second-order valence-electron chi connectivity index (χ2n) is 10.8. The monoisotopic (exact) mass is 575 g/mol. The van der Waals surface area contributed by atoms with Gasteiger partial charge in [0.05, 0.1) is 41.4 Å². The van der Waals surface area contributed by atoms with Crippen LogP contribution in [-0.4, -0.2) is 41.0 Å². The summed E-state index contributed by atoms with van der Waals surface area (Å²) >= 11 is 5.90. The van der Waals surface area contributed by atoms with Crippen molar-refractivity contribution < 1.29 is 27.4 Å². The highest BCUT2D eigenvalue weighted by atomic mass is 35.5. The molecule has 5 rings (SSSR count). The molecule has 3 aliphatic rings. The maximum Gasteiger partial charge on any atom is 0.417 e. The molecule has 3 unspecified atom stereocenters. The van der Waals surface area contributed by atoms with E-state index in [1.54, 1.807) is 0 Å². The molecule has 1 aliphatic carbocycles. The number of halogens is 4. The van der Waals surface area contributed by atoms with Crippen LogP contribution in [0.15, 0.2) is 48.2 Å². The van der Waals surface area contributed by atoms with E-state index in [4.69, 9.17) is 21.1 Å². The highest BCUT2D eigenvalue weighted by Crippen LogP contribution is 2.36. The minimum atomic E-state index is -4.54. The predicted molar refractivity (Wildman–Crippen MR) is 147 cm³/mol. The first kappa shape index (κ1) is 28.6. The standard InChI is InChI=1S/C30H33ClF3N3O3/c1-19-6-8-20(9-7-19)4-2-3-5-27(38)24-15-35-29(37-22-11-12-23(37)18-39-17-22)36-28(24)40-16-21-10-13-25(26(31)14-21)30(32,33)34/h6,8-10,13-15,19,22-23H,2-5,7,11-12,16-18H2,1H3. The molecule has 6 nitrogen and oxygen atoms in total. The number of Topliss-reactive ketones (excluding diaryl/α,β-unsaturated/α-hetero) is 1. The SMILES string of the molecule is CC1C=CC(CCCCC(=O)c2cnc(N3C4CCC3COC4)nc2OCc2ccc(C(F)(F)F)c(Cl)c2)=CC1. The first-order valence-corrected chi connectivity index (χ1v) is 14.2. The summed E-state index contributed by atoms with van der Waals surface area (Å²) in [7, 11) is 0. The third-order valence-electron chi connectivity index (χ3n) is 7.74. The molecule has 0 amide bonds. The molecule has 2 fully saturated rings. The number of fused-ring (bicyclic) bond motifs is 2. The fourth-order valence-electron chi connectivity index (χ4n) is 5.47. The summed E-state index contributed by atoms with van der Waals surface area (Å²) in [4.78, 5) is 24.6. The Hall–Kier alpha value is -2.91. The molecule has 1 aromatic carbocycles. The molecule has 2 saturated heterocycles. The van der Waals surface area contributed by atoms with Gasteiger partial charge in [-0.1, -0.05) is 48.4 Å². The Kier molecular flexibility index (Phi) is 8.80. The number of unbranched alkanes of at least 4 members (excludes halogenated alkanes) is 1. The Balaban J connectivity index is 1.30. The number of anilines is 1. The molecule has 2 bridgehead atoms. The number of hydrogen-bond acceptors (Lipinski definition) is 6. The number of rotatable bonds is 10. The van der Waals surface area contributed by atoms with Gasteiger partial charge in [0.15, 0.2) is 5.78 Å². The zero-order valence-electron chi connectivity index (χ0n) is 22.4. The molecule has 1 aromatic heterocycles. The number of carbonyl (C=O) groups is 1. The number of ether oxygens (including phenoxy) is 2. The van der Waals surface area contributed by atoms with E-state index in [-0.39, 0.29) is 35.9 Å². The summed E-state index contributed by atoms with van der Waals surface area (Å²) < 4.78 is 51.0. The third kappa shape index (κ3) is 6.69. The largest absolute Gasteiger partial charge is 0.472 e. The topological polar surface area (TPSA) is 64.6 Å². The van der Waals surface area contributed by atoms with E-state index < -0.39 is 16.8 Å². The van der Waals surface area contributed by atoms with Gasteiger partial charge in [-0.2, -0.15) is 18.2 Å². The van der Waals surface area contributed by atoms with Crippen molar-refractivity contribution in [2.45, 2.75) is 76.7 Å². The number of carbonyl (C=O) groups excluding carboxylic acids is 1. The number of benzene rings is 1. The summed E-state index contributed by atoms with van der Waals surface area (Å²) in [6.07, 6.45) is 9.44. The van der Waals surface area contributed by atoms with Gasteiger partial charge in [-0.05, 0) is 62.1 Å². The first-order chi connectivity index (χ1) is 19.2. The number of morpholine rings is 1. The molecule has 214 valence electrons. The quantitative estimate of drug-likeness (QED) is 0.218. The van der Waals surface area contributed by atoms with Crippen molar-refractivity contribution in [1.82, 2.24) is 9.97 Å². The van der Waals surface area contributed by atoms with Crippen molar-refractivity contribution in [1.29, 1.82) is 0 Å². The minimum absolute atomic E-state index is 0.0938. The molecule has 3 atom stereocenters. The molecule has 3 heterocycles. The van der Waals surface area contributed by atoms with Crippen LogP contribution in [0.2, 0.25) is 5.02 Å². The molecular formula is C30H33ClF3N3O3. The van der Waals surface area contributed by atoms with Crippen LogP contribution in [0.5, 0.6) is 5.88 Å². The second-order valence-corrected chi connectivity index (χ2v) is 11.2. The van der Waals surface area contributed by atoms with Crippen molar-refractivity contribution in [2.24, 2.45) is 5.92 Å². The normalized spacial score (nSPS) is 22.4. The highest BCUT2D eigenvalue weighted by Gasteiger charge is 2.39. The second kappa shape index (κ2) is 12.3. The molecule has 0 radical (unpaired) electrons. The number of hydrogen-bond donors (Lipinski definition) is 0. The van der Waals surface area contributed by atoms with Gasteiger partial charge in [0.2, 0.25) is 11.8 Å². The maximum atomic E-state index is 13.2. The Labute approximate surface area is 237 Å². The van der Waals surface area contributed by atoms with Crippen LogP contribution in [0.3, 0.4) is 0 Å². The van der Waals surface area contributed by atoms with Gasteiger partial charge in [0, 0.05) is 12.6 Å². The van der Waals surface area contributed by atoms with Crippen molar-refractivity contribution in [3.05, 3.63) is 69.9 Å². The summed E-state index contributed by atoms with van der Waals surface area (Å²) in [5, 5.41) is -0.407. The molecule has 0 saturated carbocycles. The lowest BCUT2D eigenvalue weighted by molar-refractivity contribution is -0.137. The molecular weight excluding hydrogens is 543 g/mol. The third-order valence-corrected chi connectivity index (χ3v) is 8.05. The summed E-state index contributed by atoms with van der Waals surface area (Å²) in [5.41, 5.74) is 1.10. The average Bonchev–Trinajstić information content (AvgIpc) is 3.17. The van der Waals surface area contributed by atoms with Crippen molar-refractivity contribution in [3.63, 3.8) is 0 Å². The van der Waals surface area contributed by atoms with Crippen LogP contribution in [-0.2, 0) is 17.5 Å². The van der Waals surface area contributed by atoms with E-state index in [0.29, 0.717) is 43.5 Å². The molecule has 40 heavy (non-hydrogen) atoms. The lowest BCUT2D eigenvalue weighted by Gasteiger charge is -2.34. The minimum Gasteiger partial charge on any atom is -0.472 e. The number of ketones is 1. The van der Waals surface area contributed by atoms with E-state index in [1.165, 1.54) is 23.9 Å². The Morgan fingerprint density at radius 2 is 1.98 bits per heavy atom. The number of allylic oxidation sites excluding steroid dienone is 4. The number of alkyl halides is 3. The van der Waals surface area contributed by atoms with E-state index in [9.17, 15) is 18.0 Å². The Morgan fingerprint density at radius 1 is 1.20 bits per heavy atom. The lowest BCUT2D eigenvalue weighted by atomic mass is 9.95. The van der Waals surface area contributed by atoms with Gasteiger partial charge >= 0.3 is 6.18 Å². The van der Waals surface area contributed by atoms with Gasteiger partial charge in [-0.15, -0.1) is 0 Å². The van der Waals surface area contributed by atoms with E-state index in [2.05, 4.69) is 40.0 Å². The average molecular weight is 576 g/mol. The molecule has 2 aliphatic heterocycles. The van der Waals surface area contributed by atoms with Crippen LogP contribution < -0.4 is 9.64 Å². The maximum absolute atomic E-state index is 13.2. The summed E-state index contributed by atoms with van der Waals surface area (Å²) in [6, 6.07) is 3.80. The van der Waals surface area contributed by atoms with Crippen molar-refractivity contribution in [2.75, 3.05) is 18.1 Å². The van der Waals surface area contributed by atoms with Crippen molar-refractivity contribution in [3.8, 4) is 5.88 Å². The highest BCUT2D eigenvalue weighted by molar-refractivity contribution is 6.31.